The van der Waals surface area contributed by atoms with Crippen LogP contribution in [0.3, 0.4) is 0 Å². The number of anilines is 2. The SMILES string of the molecule is CN(c1ccc2oc3ccccc3c2c1)c1ccccc1-c1ccccc1. The molecule has 0 fully saturated rings. The molecule has 0 saturated carbocycles. The van der Waals surface area contributed by atoms with E-state index >= 15 is 0 Å². The highest BCUT2D eigenvalue weighted by atomic mass is 16.3. The maximum absolute atomic E-state index is 5.97. The van der Waals surface area contributed by atoms with Gasteiger partial charge in [0.1, 0.15) is 11.2 Å². The predicted molar refractivity (Wildman–Crippen MR) is 114 cm³/mol. The fourth-order valence-electron chi connectivity index (χ4n) is 3.69. The van der Waals surface area contributed by atoms with Crippen LogP contribution in [0.5, 0.6) is 0 Å². The first-order valence-electron chi connectivity index (χ1n) is 9.11. The summed E-state index contributed by atoms with van der Waals surface area (Å²) < 4.78 is 5.97. The molecule has 0 bridgehead atoms. The van der Waals surface area contributed by atoms with Gasteiger partial charge in [-0.25, -0.2) is 0 Å². The second-order valence-electron chi connectivity index (χ2n) is 6.72. The molecule has 2 nitrogen and oxygen atoms in total. The molecule has 27 heavy (non-hydrogen) atoms. The van der Waals surface area contributed by atoms with Crippen LogP contribution in [-0.2, 0) is 0 Å². The minimum Gasteiger partial charge on any atom is -0.456 e. The molecule has 0 atom stereocenters. The fraction of sp³-hybridized carbons (Fsp3) is 0.0400. The van der Waals surface area contributed by atoms with Gasteiger partial charge in [-0.2, -0.15) is 0 Å². The van der Waals surface area contributed by atoms with E-state index in [1.165, 1.54) is 16.8 Å². The molecule has 2 heteroatoms. The van der Waals surface area contributed by atoms with Crippen LogP contribution in [0.25, 0.3) is 33.1 Å². The number of furan rings is 1. The summed E-state index contributed by atoms with van der Waals surface area (Å²) in [5.41, 5.74) is 6.60. The third kappa shape index (κ3) is 2.67. The number of fused-ring (bicyclic) bond motifs is 3. The van der Waals surface area contributed by atoms with E-state index in [0.717, 1.165) is 27.6 Å². The Hall–Kier alpha value is -3.52. The van der Waals surface area contributed by atoms with Gasteiger partial charge in [-0.3, -0.25) is 0 Å². The normalized spacial score (nSPS) is 11.1. The lowest BCUT2D eigenvalue weighted by atomic mass is 10.0. The van der Waals surface area contributed by atoms with Crippen LogP contribution >= 0.6 is 0 Å². The number of benzene rings is 4. The Morgan fingerprint density at radius 2 is 1.33 bits per heavy atom. The van der Waals surface area contributed by atoms with E-state index in [9.17, 15) is 0 Å². The highest BCUT2D eigenvalue weighted by Crippen LogP contribution is 2.37. The predicted octanol–water partition coefficient (Wildman–Crippen LogP) is 7.02. The largest absolute Gasteiger partial charge is 0.456 e. The van der Waals surface area contributed by atoms with Crippen molar-refractivity contribution in [2.24, 2.45) is 0 Å². The van der Waals surface area contributed by atoms with E-state index in [0.29, 0.717) is 0 Å². The minimum absolute atomic E-state index is 0.921. The average Bonchev–Trinajstić information content (AvgIpc) is 3.12. The summed E-state index contributed by atoms with van der Waals surface area (Å²) in [6.45, 7) is 0. The maximum atomic E-state index is 5.97. The lowest BCUT2D eigenvalue weighted by molar-refractivity contribution is 0.669. The summed E-state index contributed by atoms with van der Waals surface area (Å²) >= 11 is 0. The lowest BCUT2D eigenvalue weighted by Gasteiger charge is -2.23. The number of nitrogens with zero attached hydrogens (tertiary/aromatic N) is 1. The Morgan fingerprint density at radius 3 is 2.22 bits per heavy atom. The molecule has 5 rings (SSSR count). The molecule has 0 saturated heterocycles. The zero-order valence-corrected chi connectivity index (χ0v) is 15.1. The topological polar surface area (TPSA) is 16.4 Å². The van der Waals surface area contributed by atoms with Crippen molar-refractivity contribution >= 4 is 33.3 Å². The van der Waals surface area contributed by atoms with E-state index in [-0.39, 0.29) is 0 Å². The second kappa shape index (κ2) is 6.33. The van der Waals surface area contributed by atoms with E-state index in [1.807, 2.05) is 18.2 Å². The first-order chi connectivity index (χ1) is 13.3. The molecule has 1 heterocycles. The van der Waals surface area contributed by atoms with Crippen molar-refractivity contribution in [2.45, 2.75) is 0 Å². The highest BCUT2D eigenvalue weighted by molar-refractivity contribution is 6.06. The molecular formula is C25H19NO. The Kier molecular flexibility index (Phi) is 3.68. The smallest absolute Gasteiger partial charge is 0.135 e. The lowest BCUT2D eigenvalue weighted by Crippen LogP contribution is -2.10. The Morgan fingerprint density at radius 1 is 0.630 bits per heavy atom. The van der Waals surface area contributed by atoms with Crippen molar-refractivity contribution in [2.75, 3.05) is 11.9 Å². The molecule has 0 unspecified atom stereocenters. The van der Waals surface area contributed by atoms with Gasteiger partial charge in [-0.15, -0.1) is 0 Å². The van der Waals surface area contributed by atoms with Crippen molar-refractivity contribution in [1.29, 1.82) is 0 Å². The first kappa shape index (κ1) is 15.7. The zero-order valence-electron chi connectivity index (χ0n) is 15.1. The summed E-state index contributed by atoms with van der Waals surface area (Å²) in [5.74, 6) is 0. The monoisotopic (exact) mass is 349 g/mol. The number of para-hydroxylation sites is 2. The molecular weight excluding hydrogens is 330 g/mol. The van der Waals surface area contributed by atoms with Crippen LogP contribution in [0.4, 0.5) is 11.4 Å². The van der Waals surface area contributed by atoms with Crippen LogP contribution in [0.15, 0.2) is 101 Å². The highest BCUT2D eigenvalue weighted by Gasteiger charge is 2.13. The molecule has 0 aliphatic rings. The molecule has 0 N–H and O–H groups in total. The van der Waals surface area contributed by atoms with Crippen LogP contribution in [0, 0.1) is 0 Å². The van der Waals surface area contributed by atoms with E-state index in [1.54, 1.807) is 0 Å². The van der Waals surface area contributed by atoms with E-state index in [4.69, 9.17) is 4.42 Å². The minimum atomic E-state index is 0.921. The third-order valence-corrected chi connectivity index (χ3v) is 5.10. The molecule has 130 valence electrons. The fourth-order valence-corrected chi connectivity index (χ4v) is 3.69. The second-order valence-corrected chi connectivity index (χ2v) is 6.72. The van der Waals surface area contributed by atoms with Crippen LogP contribution in [-0.4, -0.2) is 7.05 Å². The summed E-state index contributed by atoms with van der Waals surface area (Å²) in [4.78, 5) is 2.24. The van der Waals surface area contributed by atoms with Crippen LogP contribution < -0.4 is 4.90 Å². The van der Waals surface area contributed by atoms with Crippen molar-refractivity contribution in [1.82, 2.24) is 0 Å². The summed E-state index contributed by atoms with van der Waals surface area (Å²) in [6.07, 6.45) is 0. The molecule has 4 aromatic carbocycles. The molecule has 5 aromatic rings. The average molecular weight is 349 g/mol. The Bertz CT molecular complexity index is 1240. The van der Waals surface area contributed by atoms with Crippen molar-refractivity contribution in [3.63, 3.8) is 0 Å². The molecule has 0 aliphatic carbocycles. The van der Waals surface area contributed by atoms with Gasteiger partial charge in [0, 0.05) is 34.8 Å². The van der Waals surface area contributed by atoms with Crippen molar-refractivity contribution in [3.05, 3.63) is 97.1 Å². The van der Waals surface area contributed by atoms with E-state index < -0.39 is 0 Å². The van der Waals surface area contributed by atoms with Crippen LogP contribution in [0.1, 0.15) is 0 Å². The van der Waals surface area contributed by atoms with Gasteiger partial charge in [-0.1, -0.05) is 66.7 Å². The van der Waals surface area contributed by atoms with Crippen molar-refractivity contribution in [3.8, 4) is 11.1 Å². The van der Waals surface area contributed by atoms with Gasteiger partial charge in [-0.05, 0) is 35.9 Å². The van der Waals surface area contributed by atoms with E-state index in [2.05, 4.69) is 90.8 Å². The van der Waals surface area contributed by atoms with Gasteiger partial charge in [0.25, 0.3) is 0 Å². The van der Waals surface area contributed by atoms with Crippen LogP contribution in [0.2, 0.25) is 0 Å². The number of hydrogen-bond donors (Lipinski definition) is 0. The van der Waals surface area contributed by atoms with Gasteiger partial charge >= 0.3 is 0 Å². The zero-order chi connectivity index (χ0) is 18.2. The van der Waals surface area contributed by atoms with Crippen molar-refractivity contribution < 1.29 is 4.42 Å². The van der Waals surface area contributed by atoms with Gasteiger partial charge in [0.15, 0.2) is 0 Å². The molecule has 0 amide bonds. The number of hydrogen-bond acceptors (Lipinski definition) is 2. The Labute approximate surface area is 158 Å². The molecule has 0 spiro atoms. The maximum Gasteiger partial charge on any atom is 0.135 e. The Balaban J connectivity index is 1.64. The molecule has 0 aliphatic heterocycles. The first-order valence-corrected chi connectivity index (χ1v) is 9.11. The van der Waals surface area contributed by atoms with Gasteiger partial charge < -0.3 is 9.32 Å². The summed E-state index contributed by atoms with van der Waals surface area (Å²) in [7, 11) is 2.12. The summed E-state index contributed by atoms with van der Waals surface area (Å²) in [5, 5.41) is 2.30. The van der Waals surface area contributed by atoms with Gasteiger partial charge in [0.05, 0.1) is 0 Å². The van der Waals surface area contributed by atoms with Gasteiger partial charge in [0.2, 0.25) is 0 Å². The molecule has 0 radical (unpaired) electrons. The third-order valence-electron chi connectivity index (χ3n) is 5.10. The molecule has 1 aromatic heterocycles. The quantitative estimate of drug-likeness (QED) is 0.348. The summed E-state index contributed by atoms with van der Waals surface area (Å²) in [6, 6.07) is 33.6. The number of rotatable bonds is 3. The standard InChI is InChI=1S/C25H19NO/c1-26(23-13-7-5-11-20(23)18-9-3-2-4-10-18)19-15-16-25-22(17-19)21-12-6-8-14-24(21)27-25/h2-17H,1H3.